The monoisotopic (exact) mass is 388 g/mol. The topological polar surface area (TPSA) is 58.6 Å². The van der Waals surface area contributed by atoms with E-state index < -0.39 is 6.04 Å². The molecule has 144 valence electrons. The van der Waals surface area contributed by atoms with Crippen molar-refractivity contribution in [3.05, 3.63) is 64.2 Å². The van der Waals surface area contributed by atoms with E-state index in [2.05, 4.69) is 5.32 Å². The molecule has 0 radical (unpaired) electrons. The summed E-state index contributed by atoms with van der Waals surface area (Å²) >= 11 is 6.04. The van der Waals surface area contributed by atoms with E-state index in [4.69, 9.17) is 16.3 Å². The van der Waals surface area contributed by atoms with Crippen LogP contribution in [-0.4, -0.2) is 36.4 Å². The zero-order chi connectivity index (χ0) is 20.0. The quantitative estimate of drug-likeness (QED) is 0.789. The summed E-state index contributed by atoms with van der Waals surface area (Å²) in [6.07, 6.45) is 0. The van der Waals surface area contributed by atoms with Crippen LogP contribution in [0.2, 0.25) is 5.02 Å². The second kappa shape index (κ2) is 9.42. The van der Waals surface area contributed by atoms with Gasteiger partial charge in [0.25, 0.3) is 5.91 Å². The van der Waals surface area contributed by atoms with E-state index in [0.29, 0.717) is 10.8 Å². The number of amides is 2. The molecule has 2 rings (SSSR count). The predicted molar refractivity (Wildman–Crippen MR) is 107 cm³/mol. The number of rotatable bonds is 7. The number of ether oxygens (including phenoxy) is 1. The van der Waals surface area contributed by atoms with Crippen LogP contribution in [0.3, 0.4) is 0 Å². The van der Waals surface area contributed by atoms with Gasteiger partial charge in [0.2, 0.25) is 5.91 Å². The number of likely N-dealkylation sites (N-methyl/N-ethyl adjacent to an activating group) is 1. The van der Waals surface area contributed by atoms with Crippen LogP contribution < -0.4 is 10.1 Å². The molecular formula is C21H25ClN2O3. The summed E-state index contributed by atoms with van der Waals surface area (Å²) in [5.74, 6) is 0.123. The molecule has 0 spiro atoms. The Labute approximate surface area is 165 Å². The Morgan fingerprint density at radius 3 is 2.41 bits per heavy atom. The molecule has 27 heavy (non-hydrogen) atoms. The Bertz CT molecular complexity index is 803. The number of benzene rings is 2. The minimum Gasteiger partial charge on any atom is -0.484 e. The first-order valence-corrected chi connectivity index (χ1v) is 9.14. The molecule has 0 aliphatic heterocycles. The number of hydrogen-bond acceptors (Lipinski definition) is 3. The van der Waals surface area contributed by atoms with Gasteiger partial charge in [0, 0.05) is 18.6 Å². The smallest absolute Gasteiger partial charge is 0.261 e. The van der Waals surface area contributed by atoms with Gasteiger partial charge in [-0.15, -0.1) is 0 Å². The summed E-state index contributed by atoms with van der Waals surface area (Å²) in [7, 11) is 1.55. The molecule has 1 atom stereocenters. The molecule has 5 nitrogen and oxygen atoms in total. The van der Waals surface area contributed by atoms with Crippen molar-refractivity contribution in [2.45, 2.75) is 33.4 Å². The van der Waals surface area contributed by atoms with Crippen molar-refractivity contribution in [1.82, 2.24) is 10.2 Å². The number of carbonyl (C=O) groups is 2. The molecule has 1 N–H and O–H groups in total. The summed E-state index contributed by atoms with van der Waals surface area (Å²) in [6.45, 7) is 5.76. The molecule has 2 aromatic rings. The Kier molecular flexibility index (Phi) is 7.25. The number of hydrogen-bond donors (Lipinski definition) is 1. The highest BCUT2D eigenvalue weighted by Crippen LogP contribution is 2.18. The predicted octanol–water partition coefficient (Wildman–Crippen LogP) is 3.50. The van der Waals surface area contributed by atoms with Gasteiger partial charge in [0.15, 0.2) is 6.61 Å². The molecule has 0 bridgehead atoms. The SMILES string of the molecule is CNC(=O)[C@@H](C)N(Cc1cccc(Cl)c1)C(=O)COc1cc(C)cc(C)c1. The van der Waals surface area contributed by atoms with Gasteiger partial charge < -0.3 is 15.0 Å². The van der Waals surface area contributed by atoms with E-state index in [1.807, 2.05) is 44.2 Å². The maximum absolute atomic E-state index is 12.8. The molecule has 0 saturated carbocycles. The molecule has 0 aliphatic carbocycles. The molecule has 0 aliphatic rings. The fourth-order valence-corrected chi connectivity index (χ4v) is 3.08. The van der Waals surface area contributed by atoms with Gasteiger partial charge in [0.1, 0.15) is 11.8 Å². The first-order chi connectivity index (χ1) is 12.8. The fraction of sp³-hybridized carbons (Fsp3) is 0.333. The number of nitrogens with one attached hydrogen (secondary N) is 1. The van der Waals surface area contributed by atoms with E-state index in [-0.39, 0.29) is 25.0 Å². The summed E-state index contributed by atoms with van der Waals surface area (Å²) in [5, 5.41) is 3.17. The van der Waals surface area contributed by atoms with Gasteiger partial charge in [-0.1, -0.05) is 29.8 Å². The Hall–Kier alpha value is -2.53. The van der Waals surface area contributed by atoms with E-state index in [1.54, 1.807) is 26.1 Å². The normalized spacial score (nSPS) is 11.6. The standard InChI is InChI=1S/C21H25ClN2O3/c1-14-8-15(2)10-19(9-14)27-13-20(25)24(16(3)21(26)23-4)12-17-6-5-7-18(22)11-17/h5-11,16H,12-13H2,1-4H3,(H,23,26)/t16-/m1/s1. The largest absolute Gasteiger partial charge is 0.484 e. The highest BCUT2D eigenvalue weighted by molar-refractivity contribution is 6.30. The van der Waals surface area contributed by atoms with Crippen LogP contribution in [0.15, 0.2) is 42.5 Å². The van der Waals surface area contributed by atoms with Crippen molar-refractivity contribution >= 4 is 23.4 Å². The first kappa shape index (κ1) is 20.8. The summed E-state index contributed by atoms with van der Waals surface area (Å²) in [4.78, 5) is 26.4. The lowest BCUT2D eigenvalue weighted by atomic mass is 10.1. The van der Waals surface area contributed by atoms with E-state index in [0.717, 1.165) is 16.7 Å². The summed E-state index contributed by atoms with van der Waals surface area (Å²) < 4.78 is 5.69. The van der Waals surface area contributed by atoms with Crippen LogP contribution >= 0.6 is 11.6 Å². The van der Waals surface area contributed by atoms with Gasteiger partial charge in [-0.2, -0.15) is 0 Å². The highest BCUT2D eigenvalue weighted by atomic mass is 35.5. The van der Waals surface area contributed by atoms with Crippen molar-refractivity contribution in [1.29, 1.82) is 0 Å². The molecular weight excluding hydrogens is 364 g/mol. The van der Waals surface area contributed by atoms with E-state index in [1.165, 1.54) is 4.90 Å². The average Bonchev–Trinajstić information content (AvgIpc) is 2.62. The minimum absolute atomic E-state index is 0.148. The molecule has 0 fully saturated rings. The number of halogens is 1. The summed E-state index contributed by atoms with van der Waals surface area (Å²) in [6, 6.07) is 12.4. The number of carbonyl (C=O) groups excluding carboxylic acids is 2. The lowest BCUT2D eigenvalue weighted by molar-refractivity contribution is -0.142. The molecule has 0 heterocycles. The number of nitrogens with zero attached hydrogens (tertiary/aromatic N) is 1. The minimum atomic E-state index is -0.635. The van der Waals surface area contributed by atoms with Gasteiger partial charge in [-0.05, 0) is 61.7 Å². The van der Waals surface area contributed by atoms with Gasteiger partial charge in [-0.25, -0.2) is 0 Å². The fourth-order valence-electron chi connectivity index (χ4n) is 2.87. The van der Waals surface area contributed by atoms with Crippen LogP contribution in [-0.2, 0) is 16.1 Å². The maximum atomic E-state index is 12.8. The second-order valence-electron chi connectivity index (χ2n) is 6.55. The second-order valence-corrected chi connectivity index (χ2v) is 6.99. The Morgan fingerprint density at radius 2 is 1.81 bits per heavy atom. The maximum Gasteiger partial charge on any atom is 0.261 e. The Balaban J connectivity index is 2.15. The van der Waals surface area contributed by atoms with Crippen LogP contribution in [0.1, 0.15) is 23.6 Å². The lowest BCUT2D eigenvalue weighted by Crippen LogP contribution is -2.48. The van der Waals surface area contributed by atoms with Gasteiger partial charge in [-0.3, -0.25) is 9.59 Å². The molecule has 0 aromatic heterocycles. The lowest BCUT2D eigenvalue weighted by Gasteiger charge is -2.28. The number of aryl methyl sites for hydroxylation is 2. The van der Waals surface area contributed by atoms with Crippen molar-refractivity contribution in [3.8, 4) is 5.75 Å². The molecule has 0 saturated heterocycles. The van der Waals surface area contributed by atoms with E-state index >= 15 is 0 Å². The molecule has 2 aromatic carbocycles. The Morgan fingerprint density at radius 1 is 1.15 bits per heavy atom. The van der Waals surface area contributed by atoms with Crippen molar-refractivity contribution in [3.63, 3.8) is 0 Å². The zero-order valence-electron chi connectivity index (χ0n) is 16.1. The molecule has 0 unspecified atom stereocenters. The van der Waals surface area contributed by atoms with Crippen molar-refractivity contribution < 1.29 is 14.3 Å². The third kappa shape index (κ3) is 6.00. The third-order valence-electron chi connectivity index (χ3n) is 4.21. The highest BCUT2D eigenvalue weighted by Gasteiger charge is 2.26. The zero-order valence-corrected chi connectivity index (χ0v) is 16.8. The van der Waals surface area contributed by atoms with Crippen LogP contribution in [0.25, 0.3) is 0 Å². The third-order valence-corrected chi connectivity index (χ3v) is 4.45. The van der Waals surface area contributed by atoms with Crippen molar-refractivity contribution in [2.75, 3.05) is 13.7 Å². The average molecular weight is 389 g/mol. The summed E-state index contributed by atoms with van der Waals surface area (Å²) in [5.41, 5.74) is 2.97. The first-order valence-electron chi connectivity index (χ1n) is 8.76. The van der Waals surface area contributed by atoms with Gasteiger partial charge >= 0.3 is 0 Å². The van der Waals surface area contributed by atoms with Crippen LogP contribution in [0.5, 0.6) is 5.75 Å². The molecule has 2 amide bonds. The van der Waals surface area contributed by atoms with Crippen LogP contribution in [0, 0.1) is 13.8 Å². The van der Waals surface area contributed by atoms with Gasteiger partial charge in [0.05, 0.1) is 0 Å². The van der Waals surface area contributed by atoms with Crippen molar-refractivity contribution in [2.24, 2.45) is 0 Å². The van der Waals surface area contributed by atoms with Crippen LogP contribution in [0.4, 0.5) is 0 Å². The van der Waals surface area contributed by atoms with E-state index in [9.17, 15) is 9.59 Å². The molecule has 6 heteroatoms.